The Morgan fingerprint density at radius 3 is 2.46 bits per heavy atom. The van der Waals surface area contributed by atoms with Gasteiger partial charge in [-0.25, -0.2) is 4.79 Å². The van der Waals surface area contributed by atoms with Gasteiger partial charge in [0.25, 0.3) is 0 Å². The quantitative estimate of drug-likeness (QED) is 0.276. The van der Waals surface area contributed by atoms with E-state index in [1.807, 2.05) is 0 Å². The number of ketones is 1. The highest BCUT2D eigenvalue weighted by Gasteiger charge is 2.64. The predicted octanol–water partition coefficient (Wildman–Crippen LogP) is 0.455. The maximum atomic E-state index is 13.8. The van der Waals surface area contributed by atoms with Gasteiger partial charge in [0.05, 0.1) is 18.8 Å². The number of fused-ring (bicyclic) bond motifs is 5. The number of aliphatic hydroxyl groups excluding tert-OH is 5. The van der Waals surface area contributed by atoms with Gasteiger partial charge in [-0.05, 0) is 79.4 Å². The van der Waals surface area contributed by atoms with Crippen LogP contribution in [0.15, 0.2) is 0 Å². The van der Waals surface area contributed by atoms with Gasteiger partial charge in [0.1, 0.15) is 24.1 Å². The minimum absolute atomic E-state index is 0.0554. The molecule has 0 spiro atoms. The molecule has 5 rings (SSSR count). The second-order valence-corrected chi connectivity index (χ2v) is 12.9. The third kappa shape index (κ3) is 4.27. The Morgan fingerprint density at radius 2 is 1.78 bits per heavy atom. The van der Waals surface area contributed by atoms with Crippen LogP contribution in [0.2, 0.25) is 0 Å². The molecule has 14 atom stereocenters. The molecule has 0 aromatic carbocycles. The smallest absolute Gasteiger partial charge is 0.335 e. The molecule has 1 heterocycles. The number of ether oxygens (including phenoxy) is 2. The summed E-state index contributed by atoms with van der Waals surface area (Å²) >= 11 is 0. The number of aliphatic carboxylic acids is 1. The highest BCUT2D eigenvalue weighted by Crippen LogP contribution is 2.67. The summed E-state index contributed by atoms with van der Waals surface area (Å²) in [7, 11) is 0. The Bertz CT molecular complexity index is 896. The second-order valence-electron chi connectivity index (χ2n) is 12.9. The predicted molar refractivity (Wildman–Crippen MR) is 128 cm³/mol. The lowest BCUT2D eigenvalue weighted by molar-refractivity contribution is -0.309. The standard InChI is InChI=1S/C27H42O10/c1-26-8-7-13(36-25-22(33)20(31)21(32)23(37-25)24(34)35)9-12(26)3-4-14-15-5-6-16(18(30)11-28)27(15,2)10-17(29)19(14)26/h12-16,18-23,25,28,30-33H,3-11H2,1-2H3,(H,34,35). The van der Waals surface area contributed by atoms with Crippen molar-refractivity contribution in [3.05, 3.63) is 0 Å². The first-order valence-corrected chi connectivity index (χ1v) is 13.8. The lowest BCUT2D eigenvalue weighted by Crippen LogP contribution is -2.61. The molecule has 1 aliphatic heterocycles. The van der Waals surface area contributed by atoms with Crippen molar-refractivity contribution in [1.82, 2.24) is 0 Å². The van der Waals surface area contributed by atoms with Gasteiger partial charge in [0.15, 0.2) is 12.4 Å². The van der Waals surface area contributed by atoms with E-state index in [-0.39, 0.29) is 53.0 Å². The third-order valence-electron chi connectivity index (χ3n) is 11.2. The number of carbonyl (C=O) groups excluding carboxylic acids is 1. The van der Waals surface area contributed by atoms with Crippen LogP contribution in [0.25, 0.3) is 0 Å². The van der Waals surface area contributed by atoms with Crippen LogP contribution >= 0.6 is 0 Å². The number of hydrogen-bond donors (Lipinski definition) is 6. The summed E-state index contributed by atoms with van der Waals surface area (Å²) in [6, 6.07) is 0. The second kappa shape index (κ2) is 9.80. The van der Waals surface area contributed by atoms with E-state index < -0.39 is 42.8 Å². The molecule has 10 nitrogen and oxygen atoms in total. The SMILES string of the molecule is CC12CC(=O)C3C(CCC4CC(OC5OC(C(=O)O)C(O)C(O)C5O)CCC43C)C1CCC2C(O)CO. The Morgan fingerprint density at radius 1 is 1.05 bits per heavy atom. The largest absolute Gasteiger partial charge is 0.479 e. The Labute approximate surface area is 217 Å². The van der Waals surface area contributed by atoms with E-state index in [0.717, 1.165) is 32.1 Å². The van der Waals surface area contributed by atoms with Gasteiger partial charge in [-0.3, -0.25) is 4.79 Å². The number of carbonyl (C=O) groups is 2. The van der Waals surface area contributed by atoms with Gasteiger partial charge in [-0.15, -0.1) is 0 Å². The lowest BCUT2D eigenvalue weighted by atomic mass is 9.44. The highest BCUT2D eigenvalue weighted by molar-refractivity contribution is 5.84. The van der Waals surface area contributed by atoms with Crippen molar-refractivity contribution in [2.45, 2.75) is 108 Å². The molecule has 37 heavy (non-hydrogen) atoms. The number of carboxylic acids is 1. The van der Waals surface area contributed by atoms with E-state index in [2.05, 4.69) is 13.8 Å². The summed E-state index contributed by atoms with van der Waals surface area (Å²) in [5.41, 5.74) is -0.481. The maximum Gasteiger partial charge on any atom is 0.335 e. The zero-order valence-corrected chi connectivity index (χ0v) is 21.6. The number of hydrogen-bond acceptors (Lipinski definition) is 9. The van der Waals surface area contributed by atoms with Crippen LogP contribution in [0, 0.1) is 40.4 Å². The molecular weight excluding hydrogens is 484 g/mol. The molecule has 1 saturated heterocycles. The summed E-state index contributed by atoms with van der Waals surface area (Å²) in [5.74, 6) is -0.470. The Hall–Kier alpha value is -1.14. The van der Waals surface area contributed by atoms with Crippen LogP contribution in [0.5, 0.6) is 0 Å². The van der Waals surface area contributed by atoms with Crippen LogP contribution in [-0.2, 0) is 19.1 Å². The number of Topliss-reactive ketones (excluding diaryl/α,β-unsaturated/α-hetero) is 1. The minimum atomic E-state index is -1.76. The molecule has 0 bridgehead atoms. The molecule has 14 unspecified atom stereocenters. The van der Waals surface area contributed by atoms with E-state index in [1.54, 1.807) is 0 Å². The van der Waals surface area contributed by atoms with Crippen LogP contribution < -0.4 is 0 Å². The summed E-state index contributed by atoms with van der Waals surface area (Å²) in [4.78, 5) is 25.2. The zero-order valence-electron chi connectivity index (χ0n) is 21.6. The molecule has 10 heteroatoms. The van der Waals surface area contributed by atoms with Crippen molar-refractivity contribution in [3.63, 3.8) is 0 Å². The van der Waals surface area contributed by atoms with Gasteiger partial charge >= 0.3 is 5.97 Å². The molecular formula is C27H42O10. The zero-order chi connectivity index (χ0) is 26.9. The molecule has 0 amide bonds. The number of aliphatic hydroxyl groups is 5. The van der Waals surface area contributed by atoms with Gasteiger partial charge in [0.2, 0.25) is 0 Å². The van der Waals surface area contributed by atoms with E-state index >= 15 is 0 Å². The minimum Gasteiger partial charge on any atom is -0.479 e. The van der Waals surface area contributed by atoms with Crippen LogP contribution in [0.3, 0.4) is 0 Å². The van der Waals surface area contributed by atoms with E-state index in [4.69, 9.17) is 9.47 Å². The monoisotopic (exact) mass is 526 g/mol. The lowest BCUT2D eigenvalue weighted by Gasteiger charge is -2.60. The first-order chi connectivity index (χ1) is 17.4. The van der Waals surface area contributed by atoms with Crippen molar-refractivity contribution in [1.29, 1.82) is 0 Å². The van der Waals surface area contributed by atoms with Gasteiger partial charge in [-0.1, -0.05) is 13.8 Å². The van der Waals surface area contributed by atoms with E-state index in [9.17, 15) is 40.2 Å². The maximum absolute atomic E-state index is 13.8. The molecule has 5 aliphatic rings. The van der Waals surface area contributed by atoms with Crippen molar-refractivity contribution < 1.29 is 49.7 Å². The summed E-state index contributed by atoms with van der Waals surface area (Å²) in [6.45, 7) is 4.07. The van der Waals surface area contributed by atoms with Crippen LogP contribution in [-0.4, -0.2) is 91.9 Å². The van der Waals surface area contributed by atoms with E-state index in [0.29, 0.717) is 25.2 Å². The topological polar surface area (TPSA) is 174 Å². The third-order valence-corrected chi connectivity index (χ3v) is 11.2. The van der Waals surface area contributed by atoms with Gasteiger partial charge < -0.3 is 40.1 Å². The average Bonchev–Trinajstić information content (AvgIpc) is 3.19. The highest BCUT2D eigenvalue weighted by atomic mass is 16.7. The fourth-order valence-electron chi connectivity index (χ4n) is 9.31. The van der Waals surface area contributed by atoms with Crippen molar-refractivity contribution >= 4 is 11.8 Å². The molecule has 0 aromatic heterocycles. The van der Waals surface area contributed by atoms with Crippen molar-refractivity contribution in [3.8, 4) is 0 Å². The fourth-order valence-corrected chi connectivity index (χ4v) is 9.31. The average molecular weight is 527 g/mol. The van der Waals surface area contributed by atoms with Crippen molar-refractivity contribution in [2.24, 2.45) is 40.4 Å². The summed E-state index contributed by atoms with van der Waals surface area (Å²) in [6.07, 6.45) is -3.13. The fraction of sp³-hybridized carbons (Fsp3) is 0.926. The summed E-state index contributed by atoms with van der Waals surface area (Å²) < 4.78 is 11.3. The molecule has 6 N–H and O–H groups in total. The van der Waals surface area contributed by atoms with Crippen LogP contribution in [0.4, 0.5) is 0 Å². The molecule has 210 valence electrons. The first-order valence-electron chi connectivity index (χ1n) is 13.8. The normalized spacial score (nSPS) is 52.6. The molecule has 0 aromatic rings. The van der Waals surface area contributed by atoms with Gasteiger partial charge in [-0.2, -0.15) is 0 Å². The molecule has 0 radical (unpaired) electrons. The van der Waals surface area contributed by atoms with E-state index in [1.165, 1.54) is 0 Å². The first kappa shape index (κ1) is 27.4. The van der Waals surface area contributed by atoms with Crippen molar-refractivity contribution in [2.75, 3.05) is 6.61 Å². The Balaban J connectivity index is 1.29. The number of rotatable bonds is 5. The Kier molecular flexibility index (Phi) is 7.26. The molecule has 4 saturated carbocycles. The summed E-state index contributed by atoms with van der Waals surface area (Å²) in [5, 5.41) is 59.8. The molecule has 4 aliphatic carbocycles. The molecule has 5 fully saturated rings. The number of carboxylic acid groups (broad SMARTS) is 1. The van der Waals surface area contributed by atoms with Gasteiger partial charge in [0, 0.05) is 12.3 Å². The van der Waals surface area contributed by atoms with Crippen LogP contribution in [0.1, 0.15) is 65.2 Å².